The Morgan fingerprint density at radius 1 is 1.62 bits per heavy atom. The zero-order valence-corrected chi connectivity index (χ0v) is 9.40. The highest BCUT2D eigenvalue weighted by atomic mass is 35.5. The molecular formula is C8H14ClN3S. The van der Waals surface area contributed by atoms with Crippen molar-refractivity contribution in [3.8, 4) is 0 Å². The summed E-state index contributed by atoms with van der Waals surface area (Å²) in [7, 11) is 0. The van der Waals surface area contributed by atoms with Crippen LogP contribution in [-0.2, 0) is 0 Å². The van der Waals surface area contributed by atoms with Crippen LogP contribution in [0.2, 0.25) is 0 Å². The second-order valence-corrected chi connectivity index (χ2v) is 4.80. The fraction of sp³-hybridized carbons (Fsp3) is 0.750. The zero-order valence-electron chi connectivity index (χ0n) is 7.83. The molecule has 1 atom stereocenters. The van der Waals surface area contributed by atoms with Gasteiger partial charge in [-0.1, -0.05) is 25.2 Å². The molecule has 0 fully saturated rings. The maximum atomic E-state index is 6.09. The van der Waals surface area contributed by atoms with Crippen LogP contribution >= 0.6 is 22.9 Å². The standard InChI is InChI=1S/C8H14ClN3S/c1-6(2)3-7(9)4-10-8-12-11-5-13-8/h5-7H,3-4H2,1-2H3,(H,10,12). The molecule has 0 saturated heterocycles. The lowest BCUT2D eigenvalue weighted by Crippen LogP contribution is -2.16. The van der Waals surface area contributed by atoms with Crippen molar-refractivity contribution in [2.75, 3.05) is 11.9 Å². The molecule has 0 radical (unpaired) electrons. The number of alkyl halides is 1. The summed E-state index contributed by atoms with van der Waals surface area (Å²) in [4.78, 5) is 0. The first-order valence-electron chi connectivity index (χ1n) is 4.32. The van der Waals surface area contributed by atoms with Gasteiger partial charge in [-0.3, -0.25) is 0 Å². The van der Waals surface area contributed by atoms with Crippen LogP contribution in [0.3, 0.4) is 0 Å². The van der Waals surface area contributed by atoms with Crippen molar-refractivity contribution in [3.63, 3.8) is 0 Å². The van der Waals surface area contributed by atoms with Gasteiger partial charge in [-0.25, -0.2) is 0 Å². The number of halogens is 1. The average Bonchev–Trinajstić information content (AvgIpc) is 2.51. The van der Waals surface area contributed by atoms with Crippen LogP contribution in [0.4, 0.5) is 5.13 Å². The van der Waals surface area contributed by atoms with Crippen LogP contribution < -0.4 is 5.32 Å². The van der Waals surface area contributed by atoms with Crippen molar-refractivity contribution in [1.82, 2.24) is 10.2 Å². The molecule has 1 aromatic rings. The van der Waals surface area contributed by atoms with E-state index in [1.807, 2.05) is 0 Å². The molecule has 0 amide bonds. The number of rotatable bonds is 5. The largest absolute Gasteiger partial charge is 0.359 e. The van der Waals surface area contributed by atoms with E-state index in [-0.39, 0.29) is 5.38 Å². The van der Waals surface area contributed by atoms with Gasteiger partial charge in [0.2, 0.25) is 5.13 Å². The second-order valence-electron chi connectivity index (χ2n) is 3.35. The summed E-state index contributed by atoms with van der Waals surface area (Å²) < 4.78 is 0. The molecule has 0 spiro atoms. The molecule has 0 aliphatic heterocycles. The van der Waals surface area contributed by atoms with Gasteiger partial charge in [0.25, 0.3) is 0 Å². The molecular weight excluding hydrogens is 206 g/mol. The molecule has 1 heterocycles. The van der Waals surface area contributed by atoms with Crippen molar-refractivity contribution >= 4 is 28.1 Å². The van der Waals surface area contributed by atoms with Crippen molar-refractivity contribution in [1.29, 1.82) is 0 Å². The summed E-state index contributed by atoms with van der Waals surface area (Å²) >= 11 is 7.58. The lowest BCUT2D eigenvalue weighted by Gasteiger charge is -2.11. The van der Waals surface area contributed by atoms with Gasteiger partial charge in [-0.15, -0.1) is 21.8 Å². The molecule has 0 aliphatic rings. The predicted molar refractivity (Wildman–Crippen MR) is 57.5 cm³/mol. The Morgan fingerprint density at radius 2 is 2.38 bits per heavy atom. The lowest BCUT2D eigenvalue weighted by molar-refractivity contribution is 0.572. The third kappa shape index (κ3) is 4.43. The third-order valence-electron chi connectivity index (χ3n) is 1.56. The monoisotopic (exact) mass is 219 g/mol. The molecule has 13 heavy (non-hydrogen) atoms. The SMILES string of the molecule is CC(C)CC(Cl)CNc1nncs1. The smallest absolute Gasteiger partial charge is 0.205 e. The van der Waals surface area contributed by atoms with E-state index in [2.05, 4.69) is 29.4 Å². The summed E-state index contributed by atoms with van der Waals surface area (Å²) in [5, 5.41) is 11.7. The average molecular weight is 220 g/mol. The normalized spacial score (nSPS) is 13.2. The van der Waals surface area contributed by atoms with E-state index in [1.165, 1.54) is 11.3 Å². The first-order chi connectivity index (χ1) is 6.18. The van der Waals surface area contributed by atoms with Crippen LogP contribution in [0, 0.1) is 5.92 Å². The van der Waals surface area contributed by atoms with Crippen LogP contribution in [0.1, 0.15) is 20.3 Å². The Balaban J connectivity index is 2.19. The topological polar surface area (TPSA) is 37.8 Å². The summed E-state index contributed by atoms with van der Waals surface area (Å²) in [5.41, 5.74) is 1.70. The molecule has 0 bridgehead atoms. The van der Waals surface area contributed by atoms with Crippen LogP contribution in [-0.4, -0.2) is 22.1 Å². The maximum Gasteiger partial charge on any atom is 0.205 e. The Morgan fingerprint density at radius 3 is 2.92 bits per heavy atom. The summed E-state index contributed by atoms with van der Waals surface area (Å²) in [6.45, 7) is 5.09. The molecule has 1 aromatic heterocycles. The van der Waals surface area contributed by atoms with Gasteiger partial charge in [0.1, 0.15) is 5.51 Å². The number of nitrogens with zero attached hydrogens (tertiary/aromatic N) is 2. The highest BCUT2D eigenvalue weighted by molar-refractivity contribution is 7.13. The van der Waals surface area contributed by atoms with E-state index >= 15 is 0 Å². The molecule has 5 heteroatoms. The summed E-state index contributed by atoms with van der Waals surface area (Å²) in [6.07, 6.45) is 1.02. The minimum absolute atomic E-state index is 0.170. The molecule has 3 nitrogen and oxygen atoms in total. The van der Waals surface area contributed by atoms with Crippen LogP contribution in [0.5, 0.6) is 0 Å². The fourth-order valence-electron chi connectivity index (χ4n) is 1.04. The number of hydrogen-bond acceptors (Lipinski definition) is 4. The van der Waals surface area contributed by atoms with Crippen molar-refractivity contribution in [2.24, 2.45) is 5.92 Å². The number of nitrogens with one attached hydrogen (secondary N) is 1. The highest BCUT2D eigenvalue weighted by Gasteiger charge is 2.07. The molecule has 1 rings (SSSR count). The van der Waals surface area contributed by atoms with Gasteiger partial charge >= 0.3 is 0 Å². The Labute approximate surface area is 87.5 Å². The lowest BCUT2D eigenvalue weighted by atomic mass is 10.1. The van der Waals surface area contributed by atoms with Gasteiger partial charge in [-0.2, -0.15) is 0 Å². The van der Waals surface area contributed by atoms with Gasteiger partial charge in [0, 0.05) is 6.54 Å². The van der Waals surface area contributed by atoms with Gasteiger partial charge in [0.15, 0.2) is 0 Å². The van der Waals surface area contributed by atoms with Crippen molar-refractivity contribution in [2.45, 2.75) is 25.6 Å². The predicted octanol–water partition coefficient (Wildman–Crippen LogP) is 2.60. The molecule has 1 N–H and O–H groups in total. The molecule has 74 valence electrons. The Bertz CT molecular complexity index is 225. The summed E-state index contributed by atoms with van der Waals surface area (Å²) in [6, 6.07) is 0. The fourth-order valence-corrected chi connectivity index (χ4v) is 1.93. The van der Waals surface area contributed by atoms with E-state index < -0.39 is 0 Å². The quantitative estimate of drug-likeness (QED) is 0.774. The van der Waals surface area contributed by atoms with Crippen LogP contribution in [0.25, 0.3) is 0 Å². The van der Waals surface area contributed by atoms with E-state index in [0.717, 1.165) is 18.1 Å². The second kappa shape index (κ2) is 5.40. The van der Waals surface area contributed by atoms with E-state index in [0.29, 0.717) is 5.92 Å². The van der Waals surface area contributed by atoms with Crippen molar-refractivity contribution in [3.05, 3.63) is 5.51 Å². The minimum Gasteiger partial charge on any atom is -0.359 e. The highest BCUT2D eigenvalue weighted by Crippen LogP contribution is 2.13. The first-order valence-corrected chi connectivity index (χ1v) is 5.64. The molecule has 1 unspecified atom stereocenters. The number of anilines is 1. The van der Waals surface area contributed by atoms with Gasteiger partial charge in [0.05, 0.1) is 5.38 Å². The number of hydrogen-bond donors (Lipinski definition) is 1. The van der Waals surface area contributed by atoms with E-state index in [4.69, 9.17) is 11.6 Å². The van der Waals surface area contributed by atoms with Gasteiger partial charge in [-0.05, 0) is 12.3 Å². The Hall–Kier alpha value is -0.350. The van der Waals surface area contributed by atoms with Crippen molar-refractivity contribution < 1.29 is 0 Å². The van der Waals surface area contributed by atoms with E-state index in [1.54, 1.807) is 5.51 Å². The van der Waals surface area contributed by atoms with E-state index in [9.17, 15) is 0 Å². The van der Waals surface area contributed by atoms with Gasteiger partial charge < -0.3 is 5.32 Å². The number of aromatic nitrogens is 2. The maximum absolute atomic E-state index is 6.09. The molecule has 0 saturated carbocycles. The minimum atomic E-state index is 0.170. The third-order valence-corrected chi connectivity index (χ3v) is 2.54. The first kappa shape index (κ1) is 10.7. The zero-order chi connectivity index (χ0) is 9.68. The molecule has 0 aromatic carbocycles. The van der Waals surface area contributed by atoms with Crippen LogP contribution in [0.15, 0.2) is 5.51 Å². The summed E-state index contributed by atoms with van der Waals surface area (Å²) in [5.74, 6) is 0.638. The Kier molecular flexibility index (Phi) is 4.45. The molecule has 0 aliphatic carbocycles.